The van der Waals surface area contributed by atoms with E-state index in [-0.39, 0.29) is 11.6 Å². The van der Waals surface area contributed by atoms with Crippen molar-refractivity contribution in [1.29, 1.82) is 0 Å². The summed E-state index contributed by atoms with van der Waals surface area (Å²) in [5.41, 5.74) is -0.174. The Kier molecular flexibility index (Phi) is 7.30. The minimum atomic E-state index is -1.86. The molecule has 0 saturated carbocycles. The largest absolute Gasteiger partial charge is 0.303 e. The van der Waals surface area contributed by atoms with E-state index < -0.39 is 8.25 Å². The number of halogens is 5. The molecule has 1 atom stereocenters. The summed E-state index contributed by atoms with van der Waals surface area (Å²) in [4.78, 5) is 1.63. The Morgan fingerprint density at radius 1 is 1.00 bits per heavy atom. The number of nitrogens with zero attached hydrogens (tertiary/aromatic N) is 3. The highest BCUT2D eigenvalue weighted by molar-refractivity contribution is 6.75. The van der Waals surface area contributed by atoms with E-state index in [4.69, 9.17) is 58.0 Å². The molecule has 0 spiro atoms. The Balaban J connectivity index is 2.90. The van der Waals surface area contributed by atoms with E-state index in [1.807, 2.05) is 5.01 Å². The fourth-order valence-corrected chi connectivity index (χ4v) is 3.07. The molecule has 0 fully saturated rings. The third kappa shape index (κ3) is 4.86. The van der Waals surface area contributed by atoms with Crippen molar-refractivity contribution in [3.8, 4) is 0 Å². The van der Waals surface area contributed by atoms with Gasteiger partial charge in [0.25, 0.3) is 0 Å². The summed E-state index contributed by atoms with van der Waals surface area (Å²) >= 11 is 30.6. The van der Waals surface area contributed by atoms with E-state index in [0.717, 1.165) is 19.4 Å². The summed E-state index contributed by atoms with van der Waals surface area (Å²) in [7, 11) is 0. The van der Waals surface area contributed by atoms with Crippen molar-refractivity contribution in [2.75, 3.05) is 6.54 Å². The zero-order valence-corrected chi connectivity index (χ0v) is 17.2. The van der Waals surface area contributed by atoms with E-state index in [9.17, 15) is 0 Å². The average Bonchev–Trinajstić information content (AvgIpc) is 2.77. The number of hydrazone groups is 1. The van der Waals surface area contributed by atoms with Gasteiger partial charge in [-0.1, -0.05) is 105 Å². The topological polar surface area (TPSA) is 18.8 Å². The number of alkyl halides is 5. The molecule has 0 aromatic carbocycles. The normalized spacial score (nSPS) is 20.1. The van der Waals surface area contributed by atoms with Crippen molar-refractivity contribution in [3.05, 3.63) is 0 Å². The molecule has 0 aromatic rings. The molecule has 0 saturated heterocycles. The van der Waals surface area contributed by atoms with Crippen LogP contribution in [0.2, 0.25) is 0 Å². The lowest BCUT2D eigenvalue weighted by Crippen LogP contribution is -2.58. The molecule has 0 aliphatic carbocycles. The molecule has 1 heterocycles. The van der Waals surface area contributed by atoms with Gasteiger partial charge in [0.1, 0.15) is 12.5 Å². The molecule has 1 unspecified atom stereocenters. The van der Waals surface area contributed by atoms with Crippen LogP contribution in [-0.4, -0.2) is 37.2 Å². The van der Waals surface area contributed by atoms with Gasteiger partial charge in [-0.15, -0.1) is 0 Å². The molecular weight excluding hydrogens is 387 g/mol. The highest BCUT2D eigenvalue weighted by Gasteiger charge is 2.56. The Bertz CT molecular complexity index is 387. The minimum Gasteiger partial charge on any atom is -0.303 e. The fraction of sp³-hybridized carbons (Fsp3) is 0.929. The summed E-state index contributed by atoms with van der Waals surface area (Å²) in [6, 6.07) is 0. The third-order valence-corrected chi connectivity index (χ3v) is 5.91. The molecule has 1 rings (SSSR count). The van der Waals surface area contributed by atoms with Crippen LogP contribution in [0.1, 0.15) is 53.4 Å². The van der Waals surface area contributed by atoms with Crippen LogP contribution >= 0.6 is 58.0 Å². The second kappa shape index (κ2) is 7.74. The lowest BCUT2D eigenvalue weighted by Gasteiger charge is -2.46. The number of unbranched alkanes of at least 4 members (excludes halogenated alkanes) is 3. The number of hydrogen-bond acceptors (Lipinski definition) is 3. The van der Waals surface area contributed by atoms with Crippen LogP contribution in [0.4, 0.5) is 0 Å². The van der Waals surface area contributed by atoms with E-state index >= 15 is 0 Å². The summed E-state index contributed by atoms with van der Waals surface area (Å²) < 4.78 is -3.55. The first-order valence-corrected chi connectivity index (χ1v) is 9.35. The SMILES string of the molecule is CCCCCCN1N=CN(C(Cl)(Cl)C(Cl)(Cl)Cl)C1C(C)(C)C. The van der Waals surface area contributed by atoms with Gasteiger partial charge in [0.2, 0.25) is 8.25 Å². The first-order chi connectivity index (χ1) is 9.93. The van der Waals surface area contributed by atoms with Gasteiger partial charge in [-0.05, 0) is 6.42 Å². The second-order valence-electron chi connectivity index (χ2n) is 6.64. The maximum absolute atomic E-state index is 6.35. The first kappa shape index (κ1) is 20.8. The molecule has 0 amide bonds. The van der Waals surface area contributed by atoms with Crippen LogP contribution in [0.25, 0.3) is 0 Å². The first-order valence-electron chi connectivity index (χ1n) is 7.46. The van der Waals surface area contributed by atoms with Crippen molar-refractivity contribution in [3.63, 3.8) is 0 Å². The van der Waals surface area contributed by atoms with Gasteiger partial charge in [-0.2, -0.15) is 5.10 Å². The standard InChI is InChI=1S/C14H24Cl5N3/c1-5-6-7-8-9-22-11(12(2,3)4)21(10-20-22)14(18,19)13(15,16)17/h10-11H,5-9H2,1-4H3. The number of hydrogen-bond donors (Lipinski definition) is 0. The van der Waals surface area contributed by atoms with Gasteiger partial charge in [0.05, 0.1) is 0 Å². The lowest BCUT2D eigenvalue weighted by molar-refractivity contribution is 0.0229. The van der Waals surface area contributed by atoms with E-state index in [2.05, 4.69) is 32.8 Å². The third-order valence-electron chi connectivity index (χ3n) is 3.55. The van der Waals surface area contributed by atoms with Gasteiger partial charge < -0.3 is 4.90 Å². The van der Waals surface area contributed by atoms with Crippen molar-refractivity contribution in [2.24, 2.45) is 10.5 Å². The molecule has 8 heteroatoms. The van der Waals surface area contributed by atoms with Crippen molar-refractivity contribution in [2.45, 2.75) is 67.8 Å². The zero-order valence-electron chi connectivity index (χ0n) is 13.4. The van der Waals surface area contributed by atoms with Gasteiger partial charge in [0, 0.05) is 12.0 Å². The Morgan fingerprint density at radius 2 is 1.59 bits per heavy atom. The molecule has 1 aliphatic heterocycles. The van der Waals surface area contributed by atoms with Crippen LogP contribution in [0, 0.1) is 5.41 Å². The van der Waals surface area contributed by atoms with Crippen molar-refractivity contribution in [1.82, 2.24) is 9.91 Å². The van der Waals surface area contributed by atoms with E-state index in [0.29, 0.717) is 0 Å². The molecule has 0 aromatic heterocycles. The maximum Gasteiger partial charge on any atom is 0.241 e. The monoisotopic (exact) mass is 409 g/mol. The van der Waals surface area contributed by atoms with Gasteiger partial charge in [0.15, 0.2) is 0 Å². The van der Waals surface area contributed by atoms with Crippen LogP contribution in [0.5, 0.6) is 0 Å². The zero-order chi connectivity index (χ0) is 17.2. The summed E-state index contributed by atoms with van der Waals surface area (Å²) in [6.07, 6.45) is 6.01. The van der Waals surface area contributed by atoms with Crippen LogP contribution in [0.3, 0.4) is 0 Å². The second-order valence-corrected chi connectivity index (χ2v) is 10.2. The molecule has 130 valence electrons. The highest BCUT2D eigenvalue weighted by Crippen LogP contribution is 2.51. The van der Waals surface area contributed by atoms with E-state index in [1.165, 1.54) is 12.8 Å². The van der Waals surface area contributed by atoms with E-state index in [1.54, 1.807) is 11.2 Å². The molecule has 0 bridgehead atoms. The van der Waals surface area contributed by atoms with Crippen molar-refractivity contribution < 1.29 is 0 Å². The van der Waals surface area contributed by atoms with Gasteiger partial charge in [-0.3, -0.25) is 5.01 Å². The molecule has 22 heavy (non-hydrogen) atoms. The molecule has 3 nitrogen and oxygen atoms in total. The fourth-order valence-electron chi connectivity index (χ4n) is 2.51. The van der Waals surface area contributed by atoms with Crippen LogP contribution in [-0.2, 0) is 0 Å². The van der Waals surface area contributed by atoms with Crippen LogP contribution in [0.15, 0.2) is 5.10 Å². The van der Waals surface area contributed by atoms with Gasteiger partial charge >= 0.3 is 0 Å². The minimum absolute atomic E-state index is 0.174. The quantitative estimate of drug-likeness (QED) is 0.303. The average molecular weight is 412 g/mol. The summed E-state index contributed by atoms with van der Waals surface area (Å²) in [6.45, 7) is 9.25. The van der Waals surface area contributed by atoms with Crippen LogP contribution < -0.4 is 0 Å². The predicted molar refractivity (Wildman–Crippen MR) is 99.1 cm³/mol. The lowest BCUT2D eigenvalue weighted by atomic mass is 9.91. The predicted octanol–water partition coefficient (Wildman–Crippen LogP) is 6.00. The maximum atomic E-state index is 6.35. The molecule has 0 N–H and O–H groups in total. The van der Waals surface area contributed by atoms with Gasteiger partial charge in [-0.25, -0.2) is 0 Å². The Hall–Kier alpha value is 0.720. The summed E-state index contributed by atoms with van der Waals surface area (Å²) in [5.74, 6) is 0. The number of rotatable bonds is 6. The smallest absolute Gasteiger partial charge is 0.241 e. The summed E-state index contributed by atoms with van der Waals surface area (Å²) in [5, 5.41) is 6.41. The van der Waals surface area contributed by atoms with Crippen molar-refractivity contribution >= 4 is 64.3 Å². The Morgan fingerprint density at radius 3 is 2.05 bits per heavy atom. The highest BCUT2D eigenvalue weighted by atomic mass is 35.6. The molecular formula is C14H24Cl5N3. The molecule has 1 aliphatic rings. The Labute approximate surface area is 158 Å². The molecule has 0 radical (unpaired) electrons.